The van der Waals surface area contributed by atoms with Crippen molar-refractivity contribution >= 4 is 28.2 Å². The molecule has 0 aliphatic heterocycles. The van der Waals surface area contributed by atoms with Crippen LogP contribution in [0.25, 0.3) is 21.9 Å². The van der Waals surface area contributed by atoms with Crippen LogP contribution in [0.4, 0.5) is 5.69 Å². The maximum Gasteiger partial charge on any atom is 0.221 e. The lowest BCUT2D eigenvalue weighted by molar-refractivity contribution is -0.114. The highest BCUT2D eigenvalue weighted by Crippen LogP contribution is 2.41. The minimum Gasteiger partial charge on any atom is -0.326 e. The topological polar surface area (TPSA) is 46.2 Å². The molecule has 1 amide bonds. The van der Waals surface area contributed by atoms with E-state index < -0.39 is 0 Å². The number of ketones is 1. The van der Waals surface area contributed by atoms with Gasteiger partial charge in [0.15, 0.2) is 5.78 Å². The third kappa shape index (κ3) is 1.69. The fourth-order valence-electron chi connectivity index (χ4n) is 3.18. The highest BCUT2D eigenvalue weighted by Gasteiger charge is 2.25. The van der Waals surface area contributed by atoms with E-state index in [1.807, 2.05) is 54.6 Å². The summed E-state index contributed by atoms with van der Waals surface area (Å²) in [5, 5.41) is 4.65. The molecule has 106 valence electrons. The van der Waals surface area contributed by atoms with Crippen LogP contribution in [0.2, 0.25) is 0 Å². The number of benzene rings is 3. The predicted octanol–water partition coefficient (Wildman–Crippen LogP) is 4.01. The zero-order chi connectivity index (χ0) is 15.3. The molecule has 0 bridgehead atoms. The van der Waals surface area contributed by atoms with Crippen LogP contribution >= 0.6 is 0 Å². The number of carbonyl (C=O) groups excluding carboxylic acids is 2. The second-order valence-electron chi connectivity index (χ2n) is 5.44. The summed E-state index contributed by atoms with van der Waals surface area (Å²) in [5.74, 6) is -0.0862. The van der Waals surface area contributed by atoms with Crippen LogP contribution in [-0.2, 0) is 4.79 Å². The van der Waals surface area contributed by atoms with E-state index in [-0.39, 0.29) is 11.7 Å². The maximum absolute atomic E-state index is 12.7. The number of fused-ring (bicyclic) bond motifs is 2. The third-order valence-electron chi connectivity index (χ3n) is 4.06. The molecule has 0 radical (unpaired) electrons. The number of rotatable bonds is 1. The molecule has 0 atom stereocenters. The van der Waals surface area contributed by atoms with Crippen molar-refractivity contribution in [2.24, 2.45) is 0 Å². The highest BCUT2D eigenvalue weighted by atomic mass is 16.1. The Balaban J connectivity index is 2.13. The zero-order valence-corrected chi connectivity index (χ0v) is 12.0. The van der Waals surface area contributed by atoms with Gasteiger partial charge < -0.3 is 5.32 Å². The normalized spacial score (nSPS) is 12.1. The second-order valence-corrected chi connectivity index (χ2v) is 5.44. The van der Waals surface area contributed by atoms with Crippen LogP contribution in [0.15, 0.2) is 54.6 Å². The number of hydrogen-bond donors (Lipinski definition) is 1. The first-order valence-corrected chi connectivity index (χ1v) is 7.14. The molecule has 3 aromatic rings. The van der Waals surface area contributed by atoms with Gasteiger partial charge in [-0.3, -0.25) is 9.59 Å². The van der Waals surface area contributed by atoms with Crippen molar-refractivity contribution in [3.63, 3.8) is 0 Å². The van der Waals surface area contributed by atoms with Gasteiger partial charge in [0.05, 0.1) is 0 Å². The Hall–Kier alpha value is -2.94. The van der Waals surface area contributed by atoms with Gasteiger partial charge in [0, 0.05) is 34.5 Å². The van der Waals surface area contributed by atoms with Gasteiger partial charge in [-0.2, -0.15) is 0 Å². The van der Waals surface area contributed by atoms with Gasteiger partial charge in [0.2, 0.25) is 5.91 Å². The first-order valence-electron chi connectivity index (χ1n) is 7.14. The van der Waals surface area contributed by atoms with Crippen molar-refractivity contribution in [3.05, 3.63) is 65.7 Å². The standard InChI is InChI=1S/C19H13NO2/c1-11(21)20-17-10-9-13-12-5-2-3-6-14(12)19(22)16-8-4-7-15(17)18(13)16/h2-10H,1H3,(H,20,21). The third-order valence-corrected chi connectivity index (χ3v) is 4.06. The van der Waals surface area contributed by atoms with E-state index in [1.165, 1.54) is 6.92 Å². The van der Waals surface area contributed by atoms with E-state index in [0.717, 1.165) is 33.2 Å². The summed E-state index contributed by atoms with van der Waals surface area (Å²) >= 11 is 0. The zero-order valence-electron chi connectivity index (χ0n) is 12.0. The summed E-state index contributed by atoms with van der Waals surface area (Å²) in [7, 11) is 0. The van der Waals surface area contributed by atoms with E-state index in [1.54, 1.807) is 0 Å². The average Bonchev–Trinajstić information content (AvgIpc) is 2.53. The fraction of sp³-hybridized carbons (Fsp3) is 0.0526. The van der Waals surface area contributed by atoms with E-state index in [9.17, 15) is 9.59 Å². The van der Waals surface area contributed by atoms with Crippen LogP contribution < -0.4 is 5.32 Å². The minimum atomic E-state index is -0.122. The molecule has 0 unspecified atom stereocenters. The molecular formula is C19H13NO2. The molecule has 0 saturated heterocycles. The number of anilines is 1. The van der Waals surface area contributed by atoms with Crippen LogP contribution in [0.3, 0.4) is 0 Å². The largest absolute Gasteiger partial charge is 0.326 e. The lowest BCUT2D eigenvalue weighted by atomic mass is 9.82. The summed E-state index contributed by atoms with van der Waals surface area (Å²) in [6.07, 6.45) is 0. The van der Waals surface area contributed by atoms with E-state index in [4.69, 9.17) is 0 Å². The Kier molecular flexibility index (Phi) is 2.63. The van der Waals surface area contributed by atoms with Gasteiger partial charge in [-0.05, 0) is 17.2 Å². The first-order chi connectivity index (χ1) is 10.7. The fourth-order valence-corrected chi connectivity index (χ4v) is 3.18. The molecule has 0 fully saturated rings. The van der Waals surface area contributed by atoms with Crippen LogP contribution in [0.5, 0.6) is 0 Å². The molecule has 0 spiro atoms. The van der Waals surface area contributed by atoms with Gasteiger partial charge >= 0.3 is 0 Å². The summed E-state index contributed by atoms with van der Waals surface area (Å²) in [4.78, 5) is 24.1. The number of hydrogen-bond acceptors (Lipinski definition) is 2. The lowest BCUT2D eigenvalue weighted by Crippen LogP contribution is -2.11. The highest BCUT2D eigenvalue weighted by molar-refractivity contribution is 6.27. The number of nitrogens with one attached hydrogen (secondary N) is 1. The molecule has 3 heteroatoms. The molecule has 0 aromatic heterocycles. The summed E-state index contributed by atoms with van der Waals surface area (Å²) in [6.45, 7) is 1.48. The van der Waals surface area contributed by atoms with Crippen LogP contribution in [-0.4, -0.2) is 11.7 Å². The predicted molar refractivity (Wildman–Crippen MR) is 87.1 cm³/mol. The molecule has 3 aromatic carbocycles. The lowest BCUT2D eigenvalue weighted by Gasteiger charge is -2.21. The van der Waals surface area contributed by atoms with Crippen molar-refractivity contribution in [1.82, 2.24) is 0 Å². The molecular weight excluding hydrogens is 274 g/mol. The van der Waals surface area contributed by atoms with Gasteiger partial charge in [-0.25, -0.2) is 0 Å². The SMILES string of the molecule is CC(=O)Nc1ccc2c3c(cccc13)C(=O)c1ccccc1-2. The van der Waals surface area contributed by atoms with Crippen molar-refractivity contribution in [2.75, 3.05) is 5.32 Å². The van der Waals surface area contributed by atoms with Crippen molar-refractivity contribution in [1.29, 1.82) is 0 Å². The number of carbonyl (C=O) groups is 2. The van der Waals surface area contributed by atoms with E-state index in [0.29, 0.717) is 5.56 Å². The Bertz CT molecular complexity index is 957. The average molecular weight is 287 g/mol. The van der Waals surface area contributed by atoms with Crippen molar-refractivity contribution in [2.45, 2.75) is 6.92 Å². The molecule has 0 saturated carbocycles. The summed E-state index contributed by atoms with van der Waals surface area (Å²) in [6, 6.07) is 17.2. The molecule has 4 rings (SSSR count). The summed E-state index contributed by atoms with van der Waals surface area (Å²) in [5.41, 5.74) is 4.15. The summed E-state index contributed by atoms with van der Waals surface area (Å²) < 4.78 is 0. The smallest absolute Gasteiger partial charge is 0.221 e. The minimum absolute atomic E-state index is 0.0358. The Morgan fingerprint density at radius 2 is 1.55 bits per heavy atom. The molecule has 3 nitrogen and oxygen atoms in total. The quantitative estimate of drug-likeness (QED) is 0.575. The second kappa shape index (κ2) is 4.53. The van der Waals surface area contributed by atoms with E-state index in [2.05, 4.69) is 5.32 Å². The molecule has 0 heterocycles. The Labute approximate surface area is 127 Å². The van der Waals surface area contributed by atoms with Crippen LogP contribution in [0.1, 0.15) is 22.8 Å². The molecule has 1 N–H and O–H groups in total. The van der Waals surface area contributed by atoms with E-state index >= 15 is 0 Å². The van der Waals surface area contributed by atoms with Gasteiger partial charge in [-0.1, -0.05) is 48.5 Å². The van der Waals surface area contributed by atoms with Crippen LogP contribution in [0, 0.1) is 0 Å². The Morgan fingerprint density at radius 1 is 0.818 bits per heavy atom. The monoisotopic (exact) mass is 287 g/mol. The van der Waals surface area contributed by atoms with Crippen molar-refractivity contribution < 1.29 is 9.59 Å². The molecule has 1 aliphatic rings. The number of amides is 1. The Morgan fingerprint density at radius 3 is 2.32 bits per heavy atom. The van der Waals surface area contributed by atoms with Gasteiger partial charge in [-0.15, -0.1) is 0 Å². The molecule has 22 heavy (non-hydrogen) atoms. The molecule has 1 aliphatic carbocycles. The maximum atomic E-state index is 12.7. The van der Waals surface area contributed by atoms with Gasteiger partial charge in [0.1, 0.15) is 0 Å². The van der Waals surface area contributed by atoms with Crippen molar-refractivity contribution in [3.8, 4) is 11.1 Å². The first kappa shape index (κ1) is 12.8. The van der Waals surface area contributed by atoms with Gasteiger partial charge in [0.25, 0.3) is 0 Å².